The van der Waals surface area contributed by atoms with E-state index in [0.29, 0.717) is 23.4 Å². The molecular weight excluding hydrogens is 397 g/mol. The Morgan fingerprint density at radius 2 is 1.90 bits per heavy atom. The van der Waals surface area contributed by atoms with Gasteiger partial charge in [-0.2, -0.15) is 11.8 Å². The molecule has 1 aromatic carbocycles. The number of amides is 2. The molecule has 7 nitrogen and oxygen atoms in total. The molecule has 0 fully saturated rings. The van der Waals surface area contributed by atoms with Gasteiger partial charge in [-0.05, 0) is 62.6 Å². The summed E-state index contributed by atoms with van der Waals surface area (Å²) in [6, 6.07) is 5.89. The van der Waals surface area contributed by atoms with Crippen LogP contribution in [0.15, 0.2) is 30.3 Å². The second-order valence-corrected chi connectivity index (χ2v) is 7.46. The average Bonchev–Trinajstić information content (AvgIpc) is 2.97. The molecule has 1 heterocycles. The highest BCUT2D eigenvalue weighted by molar-refractivity contribution is 7.98. The molecule has 29 heavy (non-hydrogen) atoms. The number of esters is 1. The zero-order valence-electron chi connectivity index (χ0n) is 16.5. The maximum Gasteiger partial charge on any atom is 0.329 e. The predicted octanol–water partition coefficient (Wildman–Crippen LogP) is 2.75. The molecule has 0 saturated carbocycles. The van der Waals surface area contributed by atoms with Gasteiger partial charge in [-0.1, -0.05) is 0 Å². The summed E-state index contributed by atoms with van der Waals surface area (Å²) in [6.07, 6.45) is 2.21. The van der Waals surface area contributed by atoms with E-state index in [0.717, 1.165) is 11.4 Å². The molecule has 2 amide bonds. The minimum Gasteiger partial charge on any atom is -0.456 e. The third-order valence-electron chi connectivity index (χ3n) is 4.37. The number of carbonyl (C=O) groups is 3. The second kappa shape index (κ2) is 10.1. The minimum absolute atomic E-state index is 0.343. The van der Waals surface area contributed by atoms with Crippen LogP contribution in [0.4, 0.5) is 9.18 Å². The van der Waals surface area contributed by atoms with Crippen LogP contribution < -0.4 is 11.1 Å². The number of halogens is 1. The Bertz CT molecular complexity index is 896. The van der Waals surface area contributed by atoms with Crippen LogP contribution in [-0.2, 0) is 9.53 Å². The van der Waals surface area contributed by atoms with Crippen molar-refractivity contribution in [3.8, 4) is 5.69 Å². The fraction of sp³-hybridized carbons (Fsp3) is 0.350. The lowest BCUT2D eigenvalue weighted by Crippen LogP contribution is -2.45. The Hall–Kier alpha value is -2.81. The number of ether oxygens (including phenoxy) is 1. The largest absolute Gasteiger partial charge is 0.456 e. The molecule has 1 atom stereocenters. The van der Waals surface area contributed by atoms with Crippen LogP contribution in [0.1, 0.15) is 28.2 Å². The van der Waals surface area contributed by atoms with Crippen LogP contribution in [0, 0.1) is 19.7 Å². The van der Waals surface area contributed by atoms with Crippen molar-refractivity contribution < 1.29 is 23.5 Å². The Kier molecular flexibility index (Phi) is 7.83. The number of hydrogen-bond acceptors (Lipinski definition) is 5. The summed E-state index contributed by atoms with van der Waals surface area (Å²) < 4.78 is 20.1. The number of urea groups is 1. The summed E-state index contributed by atoms with van der Waals surface area (Å²) in [5.41, 5.74) is 7.67. The van der Waals surface area contributed by atoms with E-state index in [2.05, 4.69) is 5.32 Å². The van der Waals surface area contributed by atoms with Crippen LogP contribution in [0.5, 0.6) is 0 Å². The molecule has 0 aliphatic rings. The number of carbonyl (C=O) groups excluding carboxylic acids is 3. The Labute approximate surface area is 172 Å². The first kappa shape index (κ1) is 22.5. The second-order valence-electron chi connectivity index (χ2n) is 6.47. The van der Waals surface area contributed by atoms with Crippen LogP contribution >= 0.6 is 11.8 Å². The average molecular weight is 421 g/mol. The van der Waals surface area contributed by atoms with Gasteiger partial charge in [-0.25, -0.2) is 14.0 Å². The van der Waals surface area contributed by atoms with Crippen LogP contribution in [0.25, 0.3) is 5.69 Å². The molecule has 3 N–H and O–H groups in total. The number of rotatable bonds is 9. The van der Waals surface area contributed by atoms with Crippen molar-refractivity contribution in [1.29, 1.82) is 0 Å². The van der Waals surface area contributed by atoms with E-state index >= 15 is 0 Å². The molecule has 2 aromatic rings. The molecule has 156 valence electrons. The Morgan fingerprint density at radius 1 is 1.24 bits per heavy atom. The number of primary amides is 1. The van der Waals surface area contributed by atoms with Crippen molar-refractivity contribution in [3.63, 3.8) is 0 Å². The quantitative estimate of drug-likeness (QED) is 0.479. The molecule has 0 aliphatic carbocycles. The van der Waals surface area contributed by atoms with E-state index in [-0.39, 0.29) is 11.6 Å². The topological polar surface area (TPSA) is 103 Å². The van der Waals surface area contributed by atoms with Gasteiger partial charge < -0.3 is 20.4 Å². The highest BCUT2D eigenvalue weighted by Crippen LogP contribution is 2.21. The van der Waals surface area contributed by atoms with Crippen LogP contribution in [-0.4, -0.2) is 47.0 Å². The Balaban J connectivity index is 2.10. The summed E-state index contributed by atoms with van der Waals surface area (Å²) in [5.74, 6) is -0.812. The smallest absolute Gasteiger partial charge is 0.329 e. The highest BCUT2D eigenvalue weighted by Gasteiger charge is 2.23. The summed E-state index contributed by atoms with van der Waals surface area (Å²) in [7, 11) is 0. The number of aryl methyl sites for hydroxylation is 1. The van der Waals surface area contributed by atoms with E-state index in [4.69, 9.17) is 10.5 Å². The van der Waals surface area contributed by atoms with Gasteiger partial charge in [0.15, 0.2) is 6.61 Å². The maximum atomic E-state index is 13.2. The predicted molar refractivity (Wildman–Crippen MR) is 110 cm³/mol. The summed E-state index contributed by atoms with van der Waals surface area (Å²) in [4.78, 5) is 35.9. The first-order valence-electron chi connectivity index (χ1n) is 8.94. The number of nitrogens with one attached hydrogen (secondary N) is 1. The third kappa shape index (κ3) is 5.83. The van der Waals surface area contributed by atoms with Gasteiger partial charge >= 0.3 is 12.0 Å². The molecule has 0 spiro atoms. The minimum atomic E-state index is -0.903. The van der Waals surface area contributed by atoms with Crippen molar-refractivity contribution in [2.75, 3.05) is 18.6 Å². The number of ketones is 1. The zero-order chi connectivity index (χ0) is 21.6. The molecular formula is C20H24FN3O4S. The van der Waals surface area contributed by atoms with Crippen molar-refractivity contribution in [2.24, 2.45) is 5.73 Å². The Morgan fingerprint density at radius 3 is 2.48 bits per heavy atom. The number of Topliss-reactive ketones (excluding diaryl/α,β-unsaturated/α-hetero) is 1. The van der Waals surface area contributed by atoms with Gasteiger partial charge in [-0.3, -0.25) is 4.79 Å². The third-order valence-corrected chi connectivity index (χ3v) is 5.02. The number of nitrogens with two attached hydrogens (primary N) is 1. The first-order chi connectivity index (χ1) is 13.7. The lowest BCUT2D eigenvalue weighted by molar-refractivity contribution is -0.144. The summed E-state index contributed by atoms with van der Waals surface area (Å²) >= 11 is 1.51. The van der Waals surface area contributed by atoms with Gasteiger partial charge in [0.25, 0.3) is 0 Å². The normalized spacial score (nSPS) is 11.7. The molecule has 0 unspecified atom stereocenters. The van der Waals surface area contributed by atoms with Gasteiger partial charge in [0.05, 0.1) is 0 Å². The van der Waals surface area contributed by atoms with Crippen LogP contribution in [0.3, 0.4) is 0 Å². The van der Waals surface area contributed by atoms with Crippen molar-refractivity contribution in [3.05, 3.63) is 53.1 Å². The number of nitrogens with zero attached hydrogens (tertiary/aromatic N) is 1. The number of hydrogen-bond donors (Lipinski definition) is 2. The van der Waals surface area contributed by atoms with Gasteiger partial charge in [0.1, 0.15) is 11.9 Å². The highest BCUT2D eigenvalue weighted by atomic mass is 32.2. The van der Waals surface area contributed by atoms with E-state index in [9.17, 15) is 18.8 Å². The molecule has 0 aliphatic heterocycles. The maximum absolute atomic E-state index is 13.2. The molecule has 0 saturated heterocycles. The fourth-order valence-corrected chi connectivity index (χ4v) is 3.48. The van der Waals surface area contributed by atoms with Crippen molar-refractivity contribution in [2.45, 2.75) is 26.3 Å². The standard InChI is InChI=1S/C20H24FN3O4S/c1-12-10-16(13(2)24(12)15-6-4-14(21)5-7-15)18(25)11-28-19(26)17(8-9-29-3)23-20(22)27/h4-7,10,17H,8-9,11H2,1-3H3,(H3,22,23,27)/t17-/m0/s1. The first-order valence-corrected chi connectivity index (χ1v) is 10.3. The molecule has 1 aromatic heterocycles. The fourth-order valence-electron chi connectivity index (χ4n) is 3.00. The van der Waals surface area contributed by atoms with E-state index in [1.165, 1.54) is 23.9 Å². The number of benzene rings is 1. The number of thioether (sulfide) groups is 1. The van der Waals surface area contributed by atoms with E-state index in [1.807, 2.05) is 17.7 Å². The number of aromatic nitrogens is 1. The van der Waals surface area contributed by atoms with Crippen LogP contribution in [0.2, 0.25) is 0 Å². The SMILES string of the molecule is CSCC[C@H](NC(N)=O)C(=O)OCC(=O)c1cc(C)n(-c2ccc(F)cc2)c1C. The van der Waals surface area contributed by atoms with E-state index < -0.39 is 24.6 Å². The van der Waals surface area contributed by atoms with Gasteiger partial charge in [-0.15, -0.1) is 0 Å². The summed E-state index contributed by atoms with van der Waals surface area (Å²) in [6.45, 7) is 3.14. The van der Waals surface area contributed by atoms with Crippen molar-refractivity contribution >= 4 is 29.5 Å². The molecule has 0 bridgehead atoms. The molecule has 9 heteroatoms. The zero-order valence-corrected chi connectivity index (χ0v) is 17.3. The van der Waals surface area contributed by atoms with Crippen molar-refractivity contribution in [1.82, 2.24) is 9.88 Å². The molecule has 2 rings (SSSR count). The lowest BCUT2D eigenvalue weighted by atomic mass is 10.1. The summed E-state index contributed by atoms with van der Waals surface area (Å²) in [5, 5.41) is 2.33. The van der Waals surface area contributed by atoms with Gasteiger partial charge in [0.2, 0.25) is 5.78 Å². The monoisotopic (exact) mass is 421 g/mol. The molecule has 0 radical (unpaired) electrons. The van der Waals surface area contributed by atoms with E-state index in [1.54, 1.807) is 25.1 Å². The lowest BCUT2D eigenvalue weighted by Gasteiger charge is -2.15. The van der Waals surface area contributed by atoms with Gasteiger partial charge in [0, 0.05) is 22.6 Å².